The molecule has 0 bridgehead atoms. The summed E-state index contributed by atoms with van der Waals surface area (Å²) in [7, 11) is 0. The third-order valence-corrected chi connectivity index (χ3v) is 10.9. The molecule has 45 heavy (non-hydrogen) atoms. The highest BCUT2D eigenvalue weighted by molar-refractivity contribution is 6.32. The van der Waals surface area contributed by atoms with Crippen LogP contribution in [-0.4, -0.2) is 28.7 Å². The molecule has 3 aromatic carbocycles. The van der Waals surface area contributed by atoms with Gasteiger partial charge in [0.05, 0.1) is 39.6 Å². The molecule has 7 nitrogen and oxygen atoms in total. The van der Waals surface area contributed by atoms with E-state index in [1.54, 1.807) is 25.1 Å². The van der Waals surface area contributed by atoms with Crippen molar-refractivity contribution in [3.05, 3.63) is 99.3 Å². The van der Waals surface area contributed by atoms with Crippen LogP contribution in [0.4, 0.5) is 15.8 Å². The molecule has 6 atom stereocenters. The first-order chi connectivity index (χ1) is 21.5. The molecule has 7 rings (SSSR count). The molecule has 2 aliphatic heterocycles. The number of phenols is 1. The Morgan fingerprint density at radius 2 is 1.60 bits per heavy atom. The molecule has 3 fully saturated rings. The van der Waals surface area contributed by atoms with E-state index in [9.17, 15) is 28.7 Å². The molecular formula is C35H29Cl2FN2O5. The van der Waals surface area contributed by atoms with Crippen molar-refractivity contribution in [1.82, 2.24) is 0 Å². The second-order valence-electron chi connectivity index (χ2n) is 12.5. The predicted octanol–water partition coefficient (Wildman–Crippen LogP) is 6.84. The molecule has 1 saturated carbocycles. The SMILES string of the molecule is CCc1ccc(N2C(=O)[C@H]3[C@H](CC=C4[C@H]3C[C@H]3C(=O)N(c5ccc(F)c(Cl)c5)C(=O)[C@@]3(C)[C@H]4c3cc(Cl)ccc3O)C2=O)cc1. The number of carbonyl (C=O) groups excluding carboxylic acids is 4. The number of nitrogens with zero attached hydrogens (tertiary/aromatic N) is 2. The second-order valence-corrected chi connectivity index (χ2v) is 13.3. The van der Waals surface area contributed by atoms with E-state index in [0.29, 0.717) is 16.3 Å². The molecule has 2 saturated heterocycles. The number of hydrogen-bond acceptors (Lipinski definition) is 5. The van der Waals surface area contributed by atoms with Gasteiger partial charge >= 0.3 is 0 Å². The number of halogens is 3. The van der Waals surface area contributed by atoms with Crippen LogP contribution in [0.5, 0.6) is 5.75 Å². The lowest BCUT2D eigenvalue weighted by atomic mass is 9.51. The van der Waals surface area contributed by atoms with Gasteiger partial charge in [-0.25, -0.2) is 9.29 Å². The van der Waals surface area contributed by atoms with Crippen molar-refractivity contribution in [2.75, 3.05) is 9.80 Å². The van der Waals surface area contributed by atoms with Crippen LogP contribution in [0.25, 0.3) is 0 Å². The summed E-state index contributed by atoms with van der Waals surface area (Å²) in [4.78, 5) is 58.9. The zero-order valence-corrected chi connectivity index (χ0v) is 26.0. The van der Waals surface area contributed by atoms with Crippen molar-refractivity contribution >= 4 is 58.2 Å². The van der Waals surface area contributed by atoms with Gasteiger partial charge in [-0.15, -0.1) is 0 Å². The first-order valence-electron chi connectivity index (χ1n) is 15.0. The second kappa shape index (κ2) is 10.5. The van der Waals surface area contributed by atoms with Crippen LogP contribution in [0.15, 0.2) is 72.3 Å². The van der Waals surface area contributed by atoms with E-state index >= 15 is 0 Å². The molecule has 230 valence electrons. The number of benzene rings is 3. The van der Waals surface area contributed by atoms with Crippen molar-refractivity contribution in [1.29, 1.82) is 0 Å². The maximum absolute atomic E-state index is 14.5. The lowest BCUT2D eigenvalue weighted by Gasteiger charge is -2.49. The summed E-state index contributed by atoms with van der Waals surface area (Å²) in [5, 5.41) is 11.2. The van der Waals surface area contributed by atoms with E-state index in [4.69, 9.17) is 23.2 Å². The highest BCUT2D eigenvalue weighted by Gasteiger charge is 2.68. The van der Waals surface area contributed by atoms with Gasteiger partial charge in [0.25, 0.3) is 0 Å². The maximum Gasteiger partial charge on any atom is 0.241 e. The molecule has 4 aliphatic rings. The van der Waals surface area contributed by atoms with Gasteiger partial charge in [-0.1, -0.05) is 53.9 Å². The summed E-state index contributed by atoms with van der Waals surface area (Å²) in [6.07, 6.45) is 3.12. The van der Waals surface area contributed by atoms with Crippen LogP contribution in [-0.2, 0) is 25.6 Å². The van der Waals surface area contributed by atoms with Crippen LogP contribution in [0.3, 0.4) is 0 Å². The number of fused-ring (bicyclic) bond motifs is 4. The summed E-state index contributed by atoms with van der Waals surface area (Å²) in [5.41, 5.74) is 1.38. The van der Waals surface area contributed by atoms with Crippen LogP contribution in [0, 0.1) is 34.9 Å². The van der Waals surface area contributed by atoms with Gasteiger partial charge in [0.1, 0.15) is 11.6 Å². The van der Waals surface area contributed by atoms with Gasteiger partial charge in [-0.05, 0) is 86.2 Å². The fourth-order valence-corrected chi connectivity index (χ4v) is 8.48. The average Bonchev–Trinajstić information content (AvgIpc) is 3.39. The number of rotatable bonds is 4. The molecular weight excluding hydrogens is 618 g/mol. The number of phenolic OH excluding ortho intramolecular Hbond substituents is 1. The Hall–Kier alpha value is -4.01. The van der Waals surface area contributed by atoms with E-state index in [1.807, 2.05) is 25.1 Å². The number of hydrogen-bond donors (Lipinski definition) is 1. The Balaban J connectivity index is 1.36. The van der Waals surface area contributed by atoms with Gasteiger partial charge in [-0.3, -0.25) is 24.1 Å². The van der Waals surface area contributed by atoms with E-state index < -0.39 is 52.6 Å². The molecule has 1 N–H and O–H groups in total. The van der Waals surface area contributed by atoms with Crippen molar-refractivity contribution in [2.45, 2.75) is 39.0 Å². The third kappa shape index (κ3) is 4.22. The highest BCUT2D eigenvalue weighted by Crippen LogP contribution is 2.64. The number of anilines is 2. The summed E-state index contributed by atoms with van der Waals surface area (Å²) in [5.74, 6) is -6.18. The molecule has 3 aromatic rings. The Kier molecular flexibility index (Phi) is 6.95. The van der Waals surface area contributed by atoms with E-state index in [-0.39, 0.29) is 41.1 Å². The molecule has 0 unspecified atom stereocenters. The molecule has 2 heterocycles. The monoisotopic (exact) mass is 646 g/mol. The molecule has 0 radical (unpaired) electrons. The minimum Gasteiger partial charge on any atom is -0.508 e. The van der Waals surface area contributed by atoms with Crippen molar-refractivity contribution < 1.29 is 28.7 Å². The number of allylic oxidation sites excluding steroid dienone is 2. The van der Waals surface area contributed by atoms with Gasteiger partial charge < -0.3 is 5.11 Å². The number of imide groups is 2. The lowest BCUT2D eigenvalue weighted by Crippen LogP contribution is -2.48. The maximum atomic E-state index is 14.5. The fraction of sp³-hybridized carbons (Fsp3) is 0.314. The Bertz CT molecular complexity index is 1840. The van der Waals surface area contributed by atoms with E-state index in [1.165, 1.54) is 29.2 Å². The quantitative estimate of drug-likeness (QED) is 0.247. The minimum atomic E-state index is -1.39. The summed E-state index contributed by atoms with van der Waals surface area (Å²) in [6, 6.07) is 15.5. The Morgan fingerprint density at radius 1 is 0.889 bits per heavy atom. The van der Waals surface area contributed by atoms with E-state index in [0.717, 1.165) is 28.5 Å². The standard InChI is InChI=1S/C35H29Cl2FN2O5/c1-3-17-4-7-19(8-5-17)39-31(42)22-11-10-21-23(29(22)33(39)44)16-25-32(43)40(20-9-12-27(38)26(37)15-20)34(45)35(25,2)30(21)24-14-18(36)6-13-28(24)41/h4-10,12-15,22-23,25,29-30,41H,3,11,16H2,1-2H3/t22-,23+,25-,29-,30+,35+/m0/s1. The van der Waals surface area contributed by atoms with Gasteiger partial charge in [-0.2, -0.15) is 0 Å². The van der Waals surface area contributed by atoms with Crippen LogP contribution in [0.1, 0.15) is 43.7 Å². The van der Waals surface area contributed by atoms with E-state index in [2.05, 4.69) is 0 Å². The first-order valence-corrected chi connectivity index (χ1v) is 15.7. The summed E-state index contributed by atoms with van der Waals surface area (Å²) >= 11 is 12.5. The number of aryl methyl sites for hydroxylation is 1. The molecule has 2 aliphatic carbocycles. The smallest absolute Gasteiger partial charge is 0.241 e. The molecule has 0 spiro atoms. The number of aromatic hydroxyl groups is 1. The zero-order valence-electron chi connectivity index (χ0n) is 24.5. The average molecular weight is 648 g/mol. The minimum absolute atomic E-state index is 0.108. The topological polar surface area (TPSA) is 95.0 Å². The van der Waals surface area contributed by atoms with Crippen LogP contribution < -0.4 is 9.80 Å². The number of amides is 4. The highest BCUT2D eigenvalue weighted by atomic mass is 35.5. The van der Waals surface area contributed by atoms with Gasteiger partial charge in [0, 0.05) is 16.5 Å². The largest absolute Gasteiger partial charge is 0.508 e. The zero-order chi connectivity index (χ0) is 31.9. The molecule has 0 aromatic heterocycles. The predicted molar refractivity (Wildman–Crippen MR) is 167 cm³/mol. The number of carbonyl (C=O) groups is 4. The normalized spacial score (nSPS) is 29.1. The van der Waals surface area contributed by atoms with Crippen molar-refractivity contribution in [2.24, 2.45) is 29.1 Å². The van der Waals surface area contributed by atoms with Crippen molar-refractivity contribution in [3.63, 3.8) is 0 Å². The Labute approximate surface area is 269 Å². The Morgan fingerprint density at radius 3 is 2.29 bits per heavy atom. The summed E-state index contributed by atoms with van der Waals surface area (Å²) < 4.78 is 14.1. The fourth-order valence-electron chi connectivity index (χ4n) is 8.12. The van der Waals surface area contributed by atoms with Gasteiger partial charge in [0.15, 0.2) is 0 Å². The molecule has 10 heteroatoms. The lowest BCUT2D eigenvalue weighted by molar-refractivity contribution is -0.131. The third-order valence-electron chi connectivity index (χ3n) is 10.3. The molecule has 4 amide bonds. The summed E-state index contributed by atoms with van der Waals surface area (Å²) in [6.45, 7) is 3.72. The first kappa shape index (κ1) is 29.7. The van der Waals surface area contributed by atoms with Gasteiger partial charge in [0.2, 0.25) is 23.6 Å². The van der Waals surface area contributed by atoms with Crippen LogP contribution >= 0.6 is 23.2 Å². The van der Waals surface area contributed by atoms with Crippen molar-refractivity contribution in [3.8, 4) is 5.75 Å². The van der Waals surface area contributed by atoms with Crippen LogP contribution in [0.2, 0.25) is 10.0 Å².